The van der Waals surface area contributed by atoms with E-state index in [-0.39, 0.29) is 28.6 Å². The van der Waals surface area contributed by atoms with E-state index in [4.69, 9.17) is 4.74 Å². The third kappa shape index (κ3) is 3.93. The second kappa shape index (κ2) is 9.05. The lowest BCUT2D eigenvalue weighted by atomic mass is 9.98. The molecule has 0 radical (unpaired) electrons. The fourth-order valence-electron chi connectivity index (χ4n) is 4.46. The average molecular weight is 523 g/mol. The van der Waals surface area contributed by atoms with E-state index in [1.54, 1.807) is 60.7 Å². The molecule has 8 nitrogen and oxygen atoms in total. The molecule has 4 aromatic rings. The van der Waals surface area contributed by atoms with Crippen molar-refractivity contribution < 1.29 is 26.4 Å². The summed E-state index contributed by atoms with van der Waals surface area (Å²) in [5.41, 5.74) is 1.50. The highest BCUT2D eigenvalue weighted by molar-refractivity contribution is 7.90. The lowest BCUT2D eigenvalue weighted by Gasteiger charge is -2.29. The number of carbonyl (C=O) groups is 1. The van der Waals surface area contributed by atoms with E-state index in [1.807, 2.05) is 0 Å². The number of fused-ring (bicyclic) bond motifs is 3. The van der Waals surface area contributed by atoms with Crippen molar-refractivity contribution in [2.24, 2.45) is 0 Å². The van der Waals surface area contributed by atoms with Crippen molar-refractivity contribution in [1.29, 1.82) is 0 Å². The molecule has 0 spiro atoms. The Kier molecular flexibility index (Phi) is 6.03. The fourth-order valence-corrected chi connectivity index (χ4v) is 7.43. The number of nitrogens with zero attached hydrogens (tertiary/aromatic N) is 2. The van der Waals surface area contributed by atoms with Crippen molar-refractivity contribution >= 4 is 42.5 Å². The number of methoxy groups -OCH3 is 1. The highest BCUT2D eigenvalue weighted by atomic mass is 32.2. The first-order chi connectivity index (χ1) is 17.2. The van der Waals surface area contributed by atoms with Crippen LogP contribution in [0.1, 0.15) is 11.3 Å². The zero-order valence-electron chi connectivity index (χ0n) is 19.2. The summed E-state index contributed by atoms with van der Waals surface area (Å²) in [7, 11) is -6.89. The molecule has 0 aliphatic carbocycles. The lowest BCUT2D eigenvalue weighted by Crippen LogP contribution is -2.37. The predicted octanol–water partition coefficient (Wildman–Crippen LogP) is 3.64. The lowest BCUT2D eigenvalue weighted by molar-refractivity contribution is -0.134. The maximum absolute atomic E-state index is 13.9. The number of benzene rings is 3. The fraction of sp³-hybridized carbons (Fsp3) is 0.115. The first kappa shape index (κ1) is 24.0. The molecule has 0 saturated carbocycles. The first-order valence-electron chi connectivity index (χ1n) is 11.0. The summed E-state index contributed by atoms with van der Waals surface area (Å²) in [5.74, 6) is -0.669. The molecule has 10 heteroatoms. The van der Waals surface area contributed by atoms with Gasteiger partial charge in [-0.25, -0.2) is 25.6 Å². The van der Waals surface area contributed by atoms with Crippen LogP contribution in [0.5, 0.6) is 0 Å². The monoisotopic (exact) mass is 522 g/mol. The standard InChI is InChI=1S/C26H22N2O6S2/c1-34-25(29)16-19-17-27(35(30,31)20-10-4-2-5-11-20)18-24-26(19)22-14-8-9-15-23(22)28(24)36(32,33)21-12-6-3-7-13-21/h2-16H,17-18H2,1H3/b19-16+. The van der Waals surface area contributed by atoms with E-state index in [0.29, 0.717) is 22.0 Å². The maximum Gasteiger partial charge on any atom is 0.330 e. The van der Waals surface area contributed by atoms with E-state index >= 15 is 0 Å². The minimum absolute atomic E-state index is 0.0649. The number of para-hydroxylation sites is 1. The Morgan fingerprint density at radius 2 is 1.33 bits per heavy atom. The summed E-state index contributed by atoms with van der Waals surface area (Å²) >= 11 is 0. The zero-order valence-corrected chi connectivity index (χ0v) is 20.9. The Hall–Kier alpha value is -3.73. The number of rotatable bonds is 5. The topological polar surface area (TPSA) is 103 Å². The molecule has 3 aromatic carbocycles. The molecule has 0 atom stereocenters. The molecule has 5 rings (SSSR count). The average Bonchev–Trinajstić information content (AvgIpc) is 3.25. The number of carbonyl (C=O) groups excluding carboxylic acids is 1. The number of aromatic nitrogens is 1. The van der Waals surface area contributed by atoms with Gasteiger partial charge in [-0.1, -0.05) is 54.6 Å². The van der Waals surface area contributed by atoms with Crippen LogP contribution in [0.4, 0.5) is 0 Å². The third-order valence-electron chi connectivity index (χ3n) is 6.08. The van der Waals surface area contributed by atoms with Crippen molar-refractivity contribution in [3.05, 3.63) is 102 Å². The van der Waals surface area contributed by atoms with Crippen molar-refractivity contribution in [3.63, 3.8) is 0 Å². The Labute approximate surface area is 209 Å². The van der Waals surface area contributed by atoms with Gasteiger partial charge in [0.1, 0.15) is 0 Å². The third-order valence-corrected chi connectivity index (χ3v) is 9.65. The molecule has 184 valence electrons. The molecule has 1 aromatic heterocycles. The van der Waals surface area contributed by atoms with Gasteiger partial charge in [0.05, 0.1) is 34.7 Å². The molecule has 36 heavy (non-hydrogen) atoms. The normalized spacial score (nSPS) is 15.6. The van der Waals surface area contributed by atoms with Crippen molar-refractivity contribution in [2.75, 3.05) is 13.7 Å². The quantitative estimate of drug-likeness (QED) is 0.293. The van der Waals surface area contributed by atoms with Gasteiger partial charge in [0.2, 0.25) is 10.0 Å². The second-order valence-electron chi connectivity index (χ2n) is 8.20. The minimum Gasteiger partial charge on any atom is -0.466 e. The summed E-state index contributed by atoms with van der Waals surface area (Å²) in [6.07, 6.45) is 1.22. The molecule has 0 N–H and O–H groups in total. The molecule has 0 amide bonds. The summed E-state index contributed by atoms with van der Waals surface area (Å²) in [6, 6.07) is 22.7. The molecule has 0 unspecified atom stereocenters. The molecule has 2 heterocycles. The van der Waals surface area contributed by atoms with Gasteiger partial charge in [-0.2, -0.15) is 4.31 Å². The largest absolute Gasteiger partial charge is 0.466 e. The van der Waals surface area contributed by atoms with Gasteiger partial charge < -0.3 is 4.74 Å². The van der Waals surface area contributed by atoms with E-state index in [2.05, 4.69) is 0 Å². The van der Waals surface area contributed by atoms with Crippen molar-refractivity contribution in [3.8, 4) is 0 Å². The van der Waals surface area contributed by atoms with E-state index in [0.717, 1.165) is 0 Å². The number of esters is 1. The van der Waals surface area contributed by atoms with Crippen LogP contribution in [-0.4, -0.2) is 44.7 Å². The van der Waals surface area contributed by atoms with Gasteiger partial charge in [0.25, 0.3) is 10.0 Å². The maximum atomic E-state index is 13.9. The van der Waals surface area contributed by atoms with E-state index in [1.165, 1.54) is 45.7 Å². The van der Waals surface area contributed by atoms with Crippen molar-refractivity contribution in [1.82, 2.24) is 8.28 Å². The van der Waals surface area contributed by atoms with Crippen LogP contribution in [0, 0.1) is 0 Å². The van der Waals surface area contributed by atoms with E-state index < -0.39 is 26.0 Å². The van der Waals surface area contributed by atoms with Gasteiger partial charge in [-0.15, -0.1) is 0 Å². The van der Waals surface area contributed by atoms with Gasteiger partial charge in [-0.3, -0.25) is 0 Å². The summed E-state index contributed by atoms with van der Waals surface area (Å²) < 4.78 is 62.1. The van der Waals surface area contributed by atoms with Crippen LogP contribution in [0.15, 0.2) is 101 Å². The predicted molar refractivity (Wildman–Crippen MR) is 135 cm³/mol. The Bertz CT molecular complexity index is 1710. The summed E-state index contributed by atoms with van der Waals surface area (Å²) in [6.45, 7) is -0.329. The Morgan fingerprint density at radius 3 is 1.94 bits per heavy atom. The van der Waals surface area contributed by atoms with Gasteiger partial charge in [0.15, 0.2) is 0 Å². The van der Waals surface area contributed by atoms with Gasteiger partial charge in [-0.05, 0) is 35.9 Å². The first-order valence-corrected chi connectivity index (χ1v) is 13.9. The molecule has 1 aliphatic heterocycles. The van der Waals surface area contributed by atoms with Crippen LogP contribution >= 0.6 is 0 Å². The summed E-state index contributed by atoms with van der Waals surface area (Å²) in [4.78, 5) is 12.4. The molecule has 0 fully saturated rings. The zero-order chi connectivity index (χ0) is 25.5. The smallest absolute Gasteiger partial charge is 0.330 e. The number of hydrogen-bond donors (Lipinski definition) is 0. The minimum atomic E-state index is -4.10. The van der Waals surface area contributed by atoms with Crippen LogP contribution in [-0.2, 0) is 36.1 Å². The van der Waals surface area contributed by atoms with Crippen molar-refractivity contribution in [2.45, 2.75) is 16.3 Å². The molecular weight excluding hydrogens is 500 g/mol. The molecular formula is C26H22N2O6S2. The second-order valence-corrected chi connectivity index (χ2v) is 11.9. The SMILES string of the molecule is COC(=O)/C=C1\CN(S(=O)(=O)c2ccccc2)Cc2c1c1ccccc1n2S(=O)(=O)c1ccccc1. The van der Waals surface area contributed by atoms with Crippen LogP contribution in [0.2, 0.25) is 0 Å². The van der Waals surface area contributed by atoms with Crippen LogP contribution < -0.4 is 0 Å². The van der Waals surface area contributed by atoms with Crippen LogP contribution in [0.25, 0.3) is 16.5 Å². The molecule has 0 bridgehead atoms. The highest BCUT2D eigenvalue weighted by Crippen LogP contribution is 2.40. The molecule has 0 saturated heterocycles. The Balaban J connectivity index is 1.81. The highest BCUT2D eigenvalue weighted by Gasteiger charge is 2.37. The van der Waals surface area contributed by atoms with Gasteiger partial charge in [0, 0.05) is 23.6 Å². The molecule has 1 aliphatic rings. The van der Waals surface area contributed by atoms with E-state index in [9.17, 15) is 21.6 Å². The summed E-state index contributed by atoms with van der Waals surface area (Å²) in [5, 5.41) is 0.596. The number of ether oxygens (including phenoxy) is 1. The van der Waals surface area contributed by atoms with Gasteiger partial charge >= 0.3 is 5.97 Å². The van der Waals surface area contributed by atoms with Crippen LogP contribution in [0.3, 0.4) is 0 Å². The number of hydrogen-bond acceptors (Lipinski definition) is 6. The number of sulfonamides is 1. The Morgan fingerprint density at radius 1 is 0.778 bits per heavy atom.